The summed E-state index contributed by atoms with van der Waals surface area (Å²) >= 11 is 6.21. The lowest BCUT2D eigenvalue weighted by Crippen LogP contribution is -2.33. The largest absolute Gasteiger partial charge is 0.316 e. The Labute approximate surface area is 135 Å². The van der Waals surface area contributed by atoms with Crippen LogP contribution in [0.5, 0.6) is 0 Å². The van der Waals surface area contributed by atoms with Gasteiger partial charge in [0.1, 0.15) is 0 Å². The van der Waals surface area contributed by atoms with Crippen LogP contribution in [-0.4, -0.2) is 13.1 Å². The van der Waals surface area contributed by atoms with Crippen molar-refractivity contribution >= 4 is 11.6 Å². The molecule has 2 rings (SSSR count). The standard InChI is InChI=1S/C19H30ClN/c1-4-15-8-9-17(13-21-12-14(2)3)19(10-15)16-6-5-7-18(20)11-16/h5-7,11,14-15,17,19,21H,4,8-10,12-13H2,1-3H3. The maximum Gasteiger partial charge on any atom is 0.0408 e. The minimum Gasteiger partial charge on any atom is -0.316 e. The molecule has 0 heterocycles. The van der Waals surface area contributed by atoms with Crippen molar-refractivity contribution in [2.45, 2.75) is 52.4 Å². The third kappa shape index (κ3) is 5.00. The number of rotatable bonds is 6. The van der Waals surface area contributed by atoms with E-state index in [9.17, 15) is 0 Å². The van der Waals surface area contributed by atoms with E-state index in [0.717, 1.165) is 35.9 Å². The van der Waals surface area contributed by atoms with Gasteiger partial charge in [-0.2, -0.15) is 0 Å². The lowest BCUT2D eigenvalue weighted by molar-refractivity contribution is 0.224. The van der Waals surface area contributed by atoms with E-state index in [1.165, 1.54) is 31.2 Å². The van der Waals surface area contributed by atoms with Crippen molar-refractivity contribution in [1.82, 2.24) is 5.32 Å². The Kier molecular flexibility index (Phi) is 6.57. The minimum atomic E-state index is 0.669. The predicted molar refractivity (Wildman–Crippen MR) is 93.0 cm³/mol. The molecule has 0 radical (unpaired) electrons. The van der Waals surface area contributed by atoms with Crippen molar-refractivity contribution < 1.29 is 0 Å². The van der Waals surface area contributed by atoms with Gasteiger partial charge in [0.25, 0.3) is 0 Å². The molecule has 1 aliphatic rings. The van der Waals surface area contributed by atoms with Crippen LogP contribution in [0.1, 0.15) is 57.9 Å². The average molecular weight is 308 g/mol. The number of hydrogen-bond donors (Lipinski definition) is 1. The first-order valence-electron chi connectivity index (χ1n) is 8.56. The van der Waals surface area contributed by atoms with E-state index in [1.54, 1.807) is 0 Å². The minimum absolute atomic E-state index is 0.669. The molecule has 1 aromatic carbocycles. The summed E-state index contributed by atoms with van der Waals surface area (Å²) in [5.74, 6) is 3.03. The van der Waals surface area contributed by atoms with Gasteiger partial charge < -0.3 is 5.32 Å². The van der Waals surface area contributed by atoms with Crippen molar-refractivity contribution in [3.05, 3.63) is 34.9 Å². The van der Waals surface area contributed by atoms with Crippen molar-refractivity contribution in [2.75, 3.05) is 13.1 Å². The zero-order valence-corrected chi connectivity index (χ0v) is 14.5. The van der Waals surface area contributed by atoms with Gasteiger partial charge in [-0.05, 0) is 67.3 Å². The SMILES string of the molecule is CCC1CCC(CNCC(C)C)C(c2cccc(Cl)c2)C1. The van der Waals surface area contributed by atoms with Crippen LogP contribution in [0.2, 0.25) is 5.02 Å². The maximum atomic E-state index is 6.21. The summed E-state index contributed by atoms with van der Waals surface area (Å²) < 4.78 is 0. The van der Waals surface area contributed by atoms with Gasteiger partial charge >= 0.3 is 0 Å². The summed E-state index contributed by atoms with van der Waals surface area (Å²) in [6, 6.07) is 8.53. The second-order valence-electron chi connectivity index (χ2n) is 7.06. The normalized spacial score (nSPS) is 26.2. The van der Waals surface area contributed by atoms with Gasteiger partial charge in [-0.15, -0.1) is 0 Å². The molecule has 2 heteroatoms. The lowest BCUT2D eigenvalue weighted by Gasteiger charge is -2.37. The monoisotopic (exact) mass is 307 g/mol. The highest BCUT2D eigenvalue weighted by atomic mass is 35.5. The van der Waals surface area contributed by atoms with Gasteiger partial charge in [0.05, 0.1) is 0 Å². The van der Waals surface area contributed by atoms with Crippen LogP contribution in [0.25, 0.3) is 0 Å². The van der Waals surface area contributed by atoms with E-state index in [2.05, 4.69) is 44.3 Å². The van der Waals surface area contributed by atoms with E-state index >= 15 is 0 Å². The zero-order valence-electron chi connectivity index (χ0n) is 13.7. The fourth-order valence-electron chi connectivity index (χ4n) is 3.64. The highest BCUT2D eigenvalue weighted by molar-refractivity contribution is 6.30. The van der Waals surface area contributed by atoms with E-state index in [-0.39, 0.29) is 0 Å². The second-order valence-corrected chi connectivity index (χ2v) is 7.50. The van der Waals surface area contributed by atoms with Gasteiger partial charge in [-0.1, -0.05) is 57.3 Å². The van der Waals surface area contributed by atoms with E-state index < -0.39 is 0 Å². The number of halogens is 1. The van der Waals surface area contributed by atoms with Gasteiger partial charge in [-0.25, -0.2) is 0 Å². The molecule has 3 atom stereocenters. The van der Waals surface area contributed by atoms with Crippen LogP contribution in [0, 0.1) is 17.8 Å². The van der Waals surface area contributed by atoms with Crippen molar-refractivity contribution in [3.63, 3.8) is 0 Å². The Bertz CT molecular complexity index is 429. The summed E-state index contributed by atoms with van der Waals surface area (Å²) in [5, 5.41) is 4.54. The third-order valence-electron chi connectivity index (χ3n) is 4.92. The van der Waals surface area contributed by atoms with Crippen molar-refractivity contribution in [1.29, 1.82) is 0 Å². The quantitative estimate of drug-likeness (QED) is 0.732. The Hall–Kier alpha value is -0.530. The summed E-state index contributed by atoms with van der Waals surface area (Å²) in [7, 11) is 0. The summed E-state index contributed by atoms with van der Waals surface area (Å²) in [6.07, 6.45) is 5.37. The highest BCUT2D eigenvalue weighted by Crippen LogP contribution is 2.41. The average Bonchev–Trinajstić information content (AvgIpc) is 2.47. The molecular formula is C19H30ClN. The Morgan fingerprint density at radius 3 is 2.76 bits per heavy atom. The second kappa shape index (κ2) is 8.19. The van der Waals surface area contributed by atoms with Crippen molar-refractivity contribution in [3.8, 4) is 0 Å². The molecule has 1 nitrogen and oxygen atoms in total. The predicted octanol–water partition coefficient (Wildman–Crippen LogP) is 5.50. The van der Waals surface area contributed by atoms with Crippen LogP contribution in [0.15, 0.2) is 24.3 Å². The third-order valence-corrected chi connectivity index (χ3v) is 5.15. The lowest BCUT2D eigenvalue weighted by atomic mass is 9.70. The Morgan fingerprint density at radius 1 is 1.29 bits per heavy atom. The Morgan fingerprint density at radius 2 is 2.10 bits per heavy atom. The molecule has 1 aliphatic carbocycles. The molecule has 0 spiro atoms. The molecule has 1 aromatic rings. The summed E-state index contributed by atoms with van der Waals surface area (Å²) in [6.45, 7) is 9.14. The number of benzene rings is 1. The first-order chi connectivity index (χ1) is 10.1. The highest BCUT2D eigenvalue weighted by Gasteiger charge is 2.30. The number of hydrogen-bond acceptors (Lipinski definition) is 1. The van der Waals surface area contributed by atoms with Crippen LogP contribution < -0.4 is 5.32 Å². The van der Waals surface area contributed by atoms with Gasteiger partial charge in [0, 0.05) is 5.02 Å². The van der Waals surface area contributed by atoms with E-state index in [1.807, 2.05) is 6.07 Å². The van der Waals surface area contributed by atoms with E-state index in [0.29, 0.717) is 5.92 Å². The zero-order chi connectivity index (χ0) is 15.2. The maximum absolute atomic E-state index is 6.21. The molecule has 1 saturated carbocycles. The summed E-state index contributed by atoms with van der Waals surface area (Å²) in [4.78, 5) is 0. The molecule has 1 fully saturated rings. The van der Waals surface area contributed by atoms with Gasteiger partial charge in [0.2, 0.25) is 0 Å². The topological polar surface area (TPSA) is 12.0 Å². The smallest absolute Gasteiger partial charge is 0.0408 e. The van der Waals surface area contributed by atoms with Crippen LogP contribution >= 0.6 is 11.6 Å². The first-order valence-corrected chi connectivity index (χ1v) is 8.94. The number of nitrogens with one attached hydrogen (secondary N) is 1. The van der Waals surface area contributed by atoms with Crippen LogP contribution in [0.3, 0.4) is 0 Å². The van der Waals surface area contributed by atoms with Crippen LogP contribution in [0.4, 0.5) is 0 Å². The molecule has 118 valence electrons. The molecular weight excluding hydrogens is 278 g/mol. The molecule has 0 bridgehead atoms. The summed E-state index contributed by atoms with van der Waals surface area (Å²) in [5.41, 5.74) is 1.44. The van der Waals surface area contributed by atoms with E-state index in [4.69, 9.17) is 11.6 Å². The Balaban J connectivity index is 2.06. The molecule has 0 saturated heterocycles. The molecule has 3 unspecified atom stereocenters. The molecule has 1 N–H and O–H groups in total. The fraction of sp³-hybridized carbons (Fsp3) is 0.684. The van der Waals surface area contributed by atoms with Gasteiger partial charge in [-0.3, -0.25) is 0 Å². The van der Waals surface area contributed by atoms with Gasteiger partial charge in [0.15, 0.2) is 0 Å². The first kappa shape index (κ1) is 16.8. The fourth-order valence-corrected chi connectivity index (χ4v) is 3.84. The molecule has 21 heavy (non-hydrogen) atoms. The van der Waals surface area contributed by atoms with Crippen LogP contribution in [-0.2, 0) is 0 Å². The van der Waals surface area contributed by atoms with Crippen molar-refractivity contribution in [2.24, 2.45) is 17.8 Å². The molecule has 0 amide bonds. The molecule has 0 aromatic heterocycles. The molecule has 0 aliphatic heterocycles.